The van der Waals surface area contributed by atoms with Crippen LogP contribution >= 0.6 is 0 Å². The number of hydrogen-bond acceptors (Lipinski definition) is 2. The average Bonchev–Trinajstić information content (AvgIpc) is 2.54. The second-order valence-corrected chi connectivity index (χ2v) is 4.69. The van der Waals surface area contributed by atoms with Gasteiger partial charge in [0.15, 0.2) is 0 Å². The minimum absolute atomic E-state index is 0.887. The minimum atomic E-state index is 0.887. The third-order valence-electron chi connectivity index (χ3n) is 3.43. The van der Waals surface area contributed by atoms with Crippen molar-refractivity contribution in [1.82, 2.24) is 9.97 Å². The predicted octanol–water partition coefficient (Wildman–Crippen LogP) is 4.25. The Bertz CT molecular complexity index is 908. The van der Waals surface area contributed by atoms with E-state index in [2.05, 4.69) is 35.3 Å². The summed E-state index contributed by atoms with van der Waals surface area (Å²) in [4.78, 5) is 9.19. The minimum Gasteiger partial charge on any atom is -0.256 e. The van der Waals surface area contributed by atoms with Crippen molar-refractivity contribution < 1.29 is 0 Å². The average molecular weight is 255 g/mol. The van der Waals surface area contributed by atoms with Crippen molar-refractivity contribution in [3.05, 3.63) is 72.9 Å². The van der Waals surface area contributed by atoms with Gasteiger partial charge >= 0.3 is 0 Å². The van der Waals surface area contributed by atoms with Crippen molar-refractivity contribution in [3.63, 3.8) is 0 Å². The van der Waals surface area contributed by atoms with E-state index in [9.17, 15) is 0 Å². The van der Waals surface area contributed by atoms with E-state index in [1.54, 1.807) is 0 Å². The molecule has 4 aromatic rings. The number of hydrogen-bond donors (Lipinski definition) is 0. The first-order chi connectivity index (χ1) is 9.92. The highest BCUT2D eigenvalue weighted by Gasteiger charge is 2.06. The Morgan fingerprint density at radius 1 is 0.800 bits per heavy atom. The number of nitrogens with zero attached hydrogens (tertiary/aromatic N) is 2. The van der Waals surface area contributed by atoms with Gasteiger partial charge in [-0.3, -0.25) is 4.98 Å². The van der Waals surface area contributed by atoms with Crippen LogP contribution < -0.4 is 0 Å². The van der Waals surface area contributed by atoms with Crippen LogP contribution in [0.15, 0.2) is 66.9 Å². The van der Waals surface area contributed by atoms with E-state index in [0.717, 1.165) is 33.1 Å². The van der Waals surface area contributed by atoms with Crippen LogP contribution in [0.25, 0.3) is 33.1 Å². The fourth-order valence-corrected chi connectivity index (χ4v) is 2.46. The van der Waals surface area contributed by atoms with Gasteiger partial charge in [0.05, 0.1) is 16.7 Å². The van der Waals surface area contributed by atoms with Crippen molar-refractivity contribution in [3.8, 4) is 11.3 Å². The Morgan fingerprint density at radius 2 is 1.70 bits per heavy atom. The Hall–Kier alpha value is -2.74. The Kier molecular flexibility index (Phi) is 2.46. The molecule has 2 nitrogen and oxygen atoms in total. The van der Waals surface area contributed by atoms with Crippen LogP contribution in [0.5, 0.6) is 0 Å². The molecule has 0 spiro atoms. The summed E-state index contributed by atoms with van der Waals surface area (Å²) < 4.78 is 0. The van der Waals surface area contributed by atoms with Crippen LogP contribution in [-0.4, -0.2) is 9.97 Å². The first-order valence-corrected chi connectivity index (χ1v) is 6.53. The van der Waals surface area contributed by atoms with Crippen LogP contribution in [0, 0.1) is 6.07 Å². The van der Waals surface area contributed by atoms with Gasteiger partial charge in [0, 0.05) is 28.6 Å². The second-order valence-electron chi connectivity index (χ2n) is 4.69. The topological polar surface area (TPSA) is 25.8 Å². The molecule has 0 aliphatic heterocycles. The van der Waals surface area contributed by atoms with Crippen molar-refractivity contribution in [2.45, 2.75) is 0 Å². The monoisotopic (exact) mass is 255 g/mol. The summed E-state index contributed by atoms with van der Waals surface area (Å²) in [6.07, 6.45) is 1.82. The van der Waals surface area contributed by atoms with Gasteiger partial charge in [0.25, 0.3) is 0 Å². The molecule has 0 fully saturated rings. The van der Waals surface area contributed by atoms with E-state index in [0.29, 0.717) is 0 Å². The summed E-state index contributed by atoms with van der Waals surface area (Å²) in [6, 6.07) is 23.4. The first-order valence-electron chi connectivity index (χ1n) is 6.53. The smallest absolute Gasteiger partial charge is 0.0795 e. The molecule has 4 rings (SSSR count). The van der Waals surface area contributed by atoms with Gasteiger partial charge in [0.2, 0.25) is 0 Å². The number of para-hydroxylation sites is 2. The van der Waals surface area contributed by atoms with Gasteiger partial charge in [-0.15, -0.1) is 0 Å². The Morgan fingerprint density at radius 3 is 2.70 bits per heavy atom. The zero-order valence-electron chi connectivity index (χ0n) is 10.7. The van der Waals surface area contributed by atoms with Gasteiger partial charge in [-0.25, -0.2) is 4.98 Å². The van der Waals surface area contributed by atoms with E-state index in [4.69, 9.17) is 4.98 Å². The summed E-state index contributed by atoms with van der Waals surface area (Å²) in [6.45, 7) is 0. The highest BCUT2D eigenvalue weighted by Crippen LogP contribution is 2.26. The molecule has 0 unspecified atom stereocenters. The number of aromatic nitrogens is 2. The Balaban J connectivity index is 2.01. The van der Waals surface area contributed by atoms with E-state index in [-0.39, 0.29) is 0 Å². The van der Waals surface area contributed by atoms with Gasteiger partial charge in [-0.05, 0) is 12.1 Å². The van der Waals surface area contributed by atoms with Crippen molar-refractivity contribution >= 4 is 21.8 Å². The fourth-order valence-electron chi connectivity index (χ4n) is 2.46. The fraction of sp³-hybridized carbons (Fsp3) is 0. The summed E-state index contributed by atoms with van der Waals surface area (Å²) in [7, 11) is 0. The van der Waals surface area contributed by atoms with Crippen molar-refractivity contribution in [2.75, 3.05) is 0 Å². The van der Waals surface area contributed by atoms with Crippen LogP contribution in [0.4, 0.5) is 0 Å². The maximum atomic E-state index is 4.70. The SMILES string of the molecule is [c]1cccc2ccc(-c3cccc4cccnc34)nc12. The zero-order valence-corrected chi connectivity index (χ0v) is 10.7. The summed E-state index contributed by atoms with van der Waals surface area (Å²) >= 11 is 0. The van der Waals surface area contributed by atoms with Crippen LogP contribution in [0.3, 0.4) is 0 Å². The lowest BCUT2D eigenvalue weighted by Gasteiger charge is -2.06. The van der Waals surface area contributed by atoms with Crippen molar-refractivity contribution in [1.29, 1.82) is 0 Å². The summed E-state index contributed by atoms with van der Waals surface area (Å²) in [5, 5.41) is 2.23. The molecule has 2 aromatic carbocycles. The van der Waals surface area contributed by atoms with Crippen LogP contribution in [-0.2, 0) is 0 Å². The molecule has 0 bridgehead atoms. The van der Waals surface area contributed by atoms with Gasteiger partial charge in [-0.2, -0.15) is 0 Å². The quantitative estimate of drug-likeness (QED) is 0.508. The van der Waals surface area contributed by atoms with E-state index in [1.165, 1.54) is 0 Å². The predicted molar refractivity (Wildman–Crippen MR) is 81.3 cm³/mol. The molecule has 2 heteroatoms. The summed E-state index contributed by atoms with van der Waals surface area (Å²) in [5.41, 5.74) is 3.86. The van der Waals surface area contributed by atoms with E-state index < -0.39 is 0 Å². The lowest BCUT2D eigenvalue weighted by molar-refractivity contribution is 1.37. The molecule has 0 N–H and O–H groups in total. The third kappa shape index (κ3) is 1.74. The molecule has 0 aliphatic carbocycles. The highest BCUT2D eigenvalue weighted by molar-refractivity contribution is 5.93. The number of benzene rings is 2. The second kappa shape index (κ2) is 4.42. The maximum Gasteiger partial charge on any atom is 0.0795 e. The molecule has 0 aliphatic rings. The molecule has 0 saturated heterocycles. The lowest BCUT2D eigenvalue weighted by Crippen LogP contribution is -1.88. The number of fused-ring (bicyclic) bond motifs is 2. The highest BCUT2D eigenvalue weighted by atomic mass is 14.7. The van der Waals surface area contributed by atoms with E-state index >= 15 is 0 Å². The third-order valence-corrected chi connectivity index (χ3v) is 3.43. The molecule has 2 aromatic heterocycles. The van der Waals surface area contributed by atoms with Gasteiger partial charge in [-0.1, -0.05) is 48.5 Å². The first kappa shape index (κ1) is 11.1. The lowest BCUT2D eigenvalue weighted by atomic mass is 10.1. The molecule has 0 amide bonds. The number of rotatable bonds is 1. The maximum absolute atomic E-state index is 4.70. The van der Waals surface area contributed by atoms with E-state index in [1.807, 2.05) is 42.6 Å². The Labute approximate surface area is 116 Å². The van der Waals surface area contributed by atoms with Gasteiger partial charge in [0.1, 0.15) is 0 Å². The molecule has 0 saturated carbocycles. The molecule has 0 atom stereocenters. The largest absolute Gasteiger partial charge is 0.256 e. The molecule has 93 valence electrons. The molecular formula is C18H11N2. The summed E-state index contributed by atoms with van der Waals surface area (Å²) in [5.74, 6) is 0. The van der Waals surface area contributed by atoms with Crippen molar-refractivity contribution in [2.24, 2.45) is 0 Å². The standard InChI is InChI=1S/C18H11N2/c1-2-9-16-13(5-1)10-11-17(20-16)15-8-3-6-14-7-4-12-19-18(14)15/h1-8,10-12H. The normalized spacial score (nSPS) is 11.0. The molecule has 20 heavy (non-hydrogen) atoms. The zero-order chi connectivity index (χ0) is 13.4. The number of pyridine rings is 2. The molecule has 2 heterocycles. The van der Waals surface area contributed by atoms with Gasteiger partial charge < -0.3 is 0 Å². The van der Waals surface area contributed by atoms with Crippen LogP contribution in [0.2, 0.25) is 0 Å². The molecule has 1 radical (unpaired) electrons. The van der Waals surface area contributed by atoms with Crippen LogP contribution in [0.1, 0.15) is 0 Å². The molecular weight excluding hydrogens is 244 g/mol.